The number of hydrogen-bond donors (Lipinski definition) is 0. The molecule has 2 rings (SSSR count). The molecule has 0 N–H and O–H groups in total. The average Bonchev–Trinajstić information content (AvgIpc) is 2.46. The first-order valence-electron chi connectivity index (χ1n) is 6.99. The van der Waals surface area contributed by atoms with Crippen molar-refractivity contribution in [2.75, 3.05) is 6.61 Å². The van der Waals surface area contributed by atoms with Gasteiger partial charge in [-0.1, -0.05) is 25.3 Å². The van der Waals surface area contributed by atoms with Crippen LogP contribution in [0.2, 0.25) is 0 Å². The van der Waals surface area contributed by atoms with Gasteiger partial charge in [0.25, 0.3) is 5.69 Å². The van der Waals surface area contributed by atoms with E-state index in [4.69, 9.17) is 4.74 Å². The van der Waals surface area contributed by atoms with Crippen molar-refractivity contribution in [1.29, 1.82) is 0 Å². The van der Waals surface area contributed by atoms with E-state index >= 15 is 0 Å². The Bertz CT molecular complexity index is 507. The van der Waals surface area contributed by atoms with Crippen LogP contribution < -0.4 is 4.74 Å². The van der Waals surface area contributed by atoms with E-state index in [9.17, 15) is 14.9 Å². The van der Waals surface area contributed by atoms with Crippen molar-refractivity contribution in [2.24, 2.45) is 5.92 Å². The Balaban J connectivity index is 1.98. The molecular formula is C15H19NO4. The van der Waals surface area contributed by atoms with Crippen molar-refractivity contribution in [3.8, 4) is 5.75 Å². The number of nitro groups is 1. The number of ether oxygens (including phenoxy) is 1. The first-order valence-corrected chi connectivity index (χ1v) is 6.99. The molecule has 1 aromatic carbocycles. The number of carbonyl (C=O) groups is 1. The Morgan fingerprint density at radius 1 is 1.35 bits per heavy atom. The number of benzene rings is 1. The Morgan fingerprint density at radius 2 is 2.05 bits per heavy atom. The maximum absolute atomic E-state index is 12.0. The molecule has 5 heteroatoms. The van der Waals surface area contributed by atoms with Crippen molar-refractivity contribution >= 4 is 11.5 Å². The van der Waals surface area contributed by atoms with E-state index in [1.165, 1.54) is 12.5 Å². The molecule has 0 aliphatic heterocycles. The molecular weight excluding hydrogens is 258 g/mol. The maximum Gasteiger partial charge on any atom is 0.276 e. The normalized spacial score (nSPS) is 15.8. The minimum absolute atomic E-state index is 0.00662. The van der Waals surface area contributed by atoms with Gasteiger partial charge in [-0.2, -0.15) is 0 Å². The Kier molecular flexibility index (Phi) is 4.71. The van der Waals surface area contributed by atoms with E-state index in [0.717, 1.165) is 25.7 Å². The maximum atomic E-state index is 12.0. The zero-order valence-corrected chi connectivity index (χ0v) is 11.6. The van der Waals surface area contributed by atoms with Gasteiger partial charge in [0.1, 0.15) is 12.4 Å². The molecule has 5 nitrogen and oxygen atoms in total. The fourth-order valence-electron chi connectivity index (χ4n) is 2.65. The first-order chi connectivity index (χ1) is 9.59. The van der Waals surface area contributed by atoms with Crippen molar-refractivity contribution in [3.05, 3.63) is 33.9 Å². The van der Waals surface area contributed by atoms with E-state index < -0.39 is 4.92 Å². The zero-order chi connectivity index (χ0) is 14.5. The van der Waals surface area contributed by atoms with Gasteiger partial charge >= 0.3 is 0 Å². The second kappa shape index (κ2) is 6.50. The molecule has 1 fully saturated rings. The number of Topliss-reactive ketones (excluding diaryl/α,β-unsaturated/α-hetero) is 1. The van der Waals surface area contributed by atoms with Crippen LogP contribution in [0.5, 0.6) is 5.75 Å². The van der Waals surface area contributed by atoms with Gasteiger partial charge in [-0.3, -0.25) is 14.9 Å². The van der Waals surface area contributed by atoms with Crippen molar-refractivity contribution in [1.82, 2.24) is 0 Å². The van der Waals surface area contributed by atoms with Crippen LogP contribution >= 0.6 is 0 Å². The molecule has 108 valence electrons. The minimum Gasteiger partial charge on any atom is -0.485 e. The van der Waals surface area contributed by atoms with Gasteiger partial charge in [-0.15, -0.1) is 0 Å². The average molecular weight is 277 g/mol. The Labute approximate surface area is 118 Å². The molecule has 0 aromatic heterocycles. The lowest BCUT2D eigenvalue weighted by atomic mass is 9.86. The minimum atomic E-state index is -0.439. The Hall–Kier alpha value is -1.91. The van der Waals surface area contributed by atoms with Crippen LogP contribution in [0.3, 0.4) is 0 Å². The van der Waals surface area contributed by atoms with Crippen LogP contribution in [0.25, 0.3) is 0 Å². The van der Waals surface area contributed by atoms with E-state index in [1.54, 1.807) is 19.1 Å². The molecule has 1 aliphatic rings. The van der Waals surface area contributed by atoms with Crippen LogP contribution in [0.15, 0.2) is 18.2 Å². The zero-order valence-electron chi connectivity index (χ0n) is 11.6. The summed E-state index contributed by atoms with van der Waals surface area (Å²) >= 11 is 0. The van der Waals surface area contributed by atoms with Crippen molar-refractivity contribution < 1.29 is 14.5 Å². The molecule has 0 bridgehead atoms. The summed E-state index contributed by atoms with van der Waals surface area (Å²) in [6.45, 7) is 1.64. The molecule has 1 saturated carbocycles. The lowest BCUT2D eigenvalue weighted by molar-refractivity contribution is -0.385. The summed E-state index contributed by atoms with van der Waals surface area (Å²) in [6.07, 6.45) is 5.29. The highest BCUT2D eigenvalue weighted by molar-refractivity contribution is 5.82. The SMILES string of the molecule is Cc1c(OCC(=O)C2CCCCC2)cccc1[N+](=O)[O-]. The summed E-state index contributed by atoms with van der Waals surface area (Å²) in [5, 5.41) is 10.8. The molecule has 0 saturated heterocycles. The molecule has 1 aromatic rings. The molecule has 0 spiro atoms. The molecule has 0 atom stereocenters. The van der Waals surface area contributed by atoms with Gasteiger partial charge in [-0.25, -0.2) is 0 Å². The highest BCUT2D eigenvalue weighted by Crippen LogP contribution is 2.28. The predicted octanol–water partition coefficient (Wildman–Crippen LogP) is 3.43. The van der Waals surface area contributed by atoms with Crippen molar-refractivity contribution in [3.63, 3.8) is 0 Å². The van der Waals surface area contributed by atoms with E-state index in [0.29, 0.717) is 11.3 Å². The van der Waals surface area contributed by atoms with Crippen LogP contribution in [-0.2, 0) is 4.79 Å². The third kappa shape index (κ3) is 3.35. The monoisotopic (exact) mass is 277 g/mol. The van der Waals surface area contributed by atoms with Gasteiger partial charge in [0.2, 0.25) is 0 Å². The molecule has 0 heterocycles. The third-order valence-electron chi connectivity index (χ3n) is 3.88. The van der Waals surface area contributed by atoms with E-state index in [-0.39, 0.29) is 24.0 Å². The second-order valence-electron chi connectivity index (χ2n) is 5.25. The molecule has 0 unspecified atom stereocenters. The largest absolute Gasteiger partial charge is 0.485 e. The highest BCUT2D eigenvalue weighted by Gasteiger charge is 2.22. The van der Waals surface area contributed by atoms with Gasteiger partial charge < -0.3 is 4.74 Å². The number of hydrogen-bond acceptors (Lipinski definition) is 4. The lowest BCUT2D eigenvalue weighted by Crippen LogP contribution is -2.23. The number of nitrogens with zero attached hydrogens (tertiary/aromatic N) is 1. The summed E-state index contributed by atoms with van der Waals surface area (Å²) in [7, 11) is 0. The summed E-state index contributed by atoms with van der Waals surface area (Å²) in [5.41, 5.74) is 0.488. The summed E-state index contributed by atoms with van der Waals surface area (Å²) in [4.78, 5) is 22.4. The molecule has 1 aliphatic carbocycles. The third-order valence-corrected chi connectivity index (χ3v) is 3.88. The standard InChI is InChI=1S/C15H19NO4/c1-11-13(16(18)19)8-5-9-15(11)20-10-14(17)12-6-3-2-4-7-12/h5,8-9,12H,2-4,6-7,10H2,1H3. The van der Waals surface area contributed by atoms with Gasteiger partial charge in [-0.05, 0) is 25.8 Å². The van der Waals surface area contributed by atoms with Crippen LogP contribution in [-0.4, -0.2) is 17.3 Å². The predicted molar refractivity (Wildman–Crippen MR) is 74.9 cm³/mol. The lowest BCUT2D eigenvalue weighted by Gasteiger charge is -2.20. The number of ketones is 1. The molecule has 0 radical (unpaired) electrons. The topological polar surface area (TPSA) is 69.4 Å². The summed E-state index contributed by atoms with van der Waals surface area (Å²) in [6, 6.07) is 4.67. The highest BCUT2D eigenvalue weighted by atomic mass is 16.6. The fourth-order valence-corrected chi connectivity index (χ4v) is 2.65. The summed E-state index contributed by atoms with van der Waals surface area (Å²) < 4.78 is 5.49. The van der Waals surface area contributed by atoms with Crippen molar-refractivity contribution in [2.45, 2.75) is 39.0 Å². The first kappa shape index (κ1) is 14.5. The smallest absolute Gasteiger partial charge is 0.276 e. The van der Waals surface area contributed by atoms with Crippen LogP contribution in [0.4, 0.5) is 5.69 Å². The van der Waals surface area contributed by atoms with E-state index in [2.05, 4.69) is 0 Å². The Morgan fingerprint density at radius 3 is 2.70 bits per heavy atom. The number of rotatable bonds is 5. The molecule has 0 amide bonds. The number of carbonyl (C=O) groups excluding carboxylic acids is 1. The van der Waals surface area contributed by atoms with Gasteiger partial charge in [0, 0.05) is 12.0 Å². The summed E-state index contributed by atoms with van der Waals surface area (Å²) in [5.74, 6) is 0.627. The number of nitro benzene ring substituents is 1. The quantitative estimate of drug-likeness (QED) is 0.610. The van der Waals surface area contributed by atoms with Gasteiger partial charge in [0.15, 0.2) is 5.78 Å². The van der Waals surface area contributed by atoms with Crippen LogP contribution in [0, 0.1) is 23.0 Å². The fraction of sp³-hybridized carbons (Fsp3) is 0.533. The van der Waals surface area contributed by atoms with Gasteiger partial charge in [0.05, 0.1) is 10.5 Å². The van der Waals surface area contributed by atoms with Crippen LogP contribution in [0.1, 0.15) is 37.7 Å². The second-order valence-corrected chi connectivity index (χ2v) is 5.25. The van der Waals surface area contributed by atoms with E-state index in [1.807, 2.05) is 0 Å². The molecule has 20 heavy (non-hydrogen) atoms.